The molecule has 1 N–H and O–H groups in total. The van der Waals surface area contributed by atoms with E-state index in [1.165, 1.54) is 0 Å². The lowest BCUT2D eigenvalue weighted by Crippen LogP contribution is -2.25. The predicted molar refractivity (Wildman–Crippen MR) is 57.0 cm³/mol. The number of halogens is 1. The largest absolute Gasteiger partial charge is 0.347 e. The monoisotopic (exact) mass is 255 g/mol. The molecule has 0 radical (unpaired) electrons. The third kappa shape index (κ3) is 2.63. The highest BCUT2D eigenvalue weighted by molar-refractivity contribution is 9.10. The highest BCUT2D eigenvalue weighted by Crippen LogP contribution is 2.12. The first kappa shape index (κ1) is 10.8. The maximum absolute atomic E-state index is 11.5. The second kappa shape index (κ2) is 4.85. The van der Waals surface area contributed by atoms with E-state index in [0.717, 1.165) is 0 Å². The number of hydrogen-bond donors (Lipinski definition) is 1. The molecule has 0 spiro atoms. The van der Waals surface area contributed by atoms with Crippen molar-refractivity contribution < 1.29 is 4.79 Å². The van der Waals surface area contributed by atoms with Crippen LogP contribution in [-0.4, -0.2) is 22.4 Å². The van der Waals surface area contributed by atoms with Crippen molar-refractivity contribution in [2.75, 3.05) is 6.54 Å². The van der Waals surface area contributed by atoms with Gasteiger partial charge in [0.05, 0.1) is 4.47 Å². The number of nitrogens with one attached hydrogen (secondary N) is 1. The maximum Gasteiger partial charge on any atom is 0.271 e. The van der Waals surface area contributed by atoms with E-state index in [-0.39, 0.29) is 5.91 Å². The Morgan fingerprint density at radius 3 is 3.14 bits per heavy atom. The number of amides is 1. The SMILES string of the molecule is C=CCNC(=O)c1nc(C)ncc1Br. The van der Waals surface area contributed by atoms with Crippen molar-refractivity contribution in [1.82, 2.24) is 15.3 Å². The van der Waals surface area contributed by atoms with E-state index < -0.39 is 0 Å². The fourth-order valence-corrected chi connectivity index (χ4v) is 1.23. The second-order valence-electron chi connectivity index (χ2n) is 2.61. The highest BCUT2D eigenvalue weighted by Gasteiger charge is 2.11. The van der Waals surface area contributed by atoms with Crippen LogP contribution in [0.4, 0.5) is 0 Å². The normalized spacial score (nSPS) is 9.57. The molecule has 1 aromatic heterocycles. The Balaban J connectivity index is 2.88. The van der Waals surface area contributed by atoms with Crippen LogP contribution >= 0.6 is 15.9 Å². The summed E-state index contributed by atoms with van der Waals surface area (Å²) in [6.45, 7) is 5.66. The van der Waals surface area contributed by atoms with E-state index in [1.807, 2.05) is 0 Å². The number of aryl methyl sites for hydroxylation is 1. The van der Waals surface area contributed by atoms with Crippen LogP contribution in [0.15, 0.2) is 23.3 Å². The van der Waals surface area contributed by atoms with Crippen LogP contribution in [0.5, 0.6) is 0 Å². The minimum atomic E-state index is -0.234. The van der Waals surface area contributed by atoms with Crippen LogP contribution in [0.2, 0.25) is 0 Å². The average molecular weight is 256 g/mol. The van der Waals surface area contributed by atoms with Gasteiger partial charge in [-0.1, -0.05) is 6.08 Å². The summed E-state index contributed by atoms with van der Waals surface area (Å²) < 4.78 is 0.588. The first-order valence-electron chi connectivity index (χ1n) is 4.03. The van der Waals surface area contributed by atoms with Crippen LogP contribution in [-0.2, 0) is 0 Å². The van der Waals surface area contributed by atoms with Gasteiger partial charge in [0, 0.05) is 12.7 Å². The van der Waals surface area contributed by atoms with E-state index in [9.17, 15) is 4.79 Å². The van der Waals surface area contributed by atoms with Crippen molar-refractivity contribution in [3.8, 4) is 0 Å². The van der Waals surface area contributed by atoms with Gasteiger partial charge in [0.2, 0.25) is 0 Å². The molecule has 0 unspecified atom stereocenters. The first-order chi connectivity index (χ1) is 6.65. The highest BCUT2D eigenvalue weighted by atomic mass is 79.9. The fraction of sp³-hybridized carbons (Fsp3) is 0.222. The summed E-state index contributed by atoms with van der Waals surface area (Å²) in [5.74, 6) is 0.333. The molecule has 1 aromatic rings. The molecule has 4 nitrogen and oxygen atoms in total. The van der Waals surface area contributed by atoms with Crippen LogP contribution in [0.25, 0.3) is 0 Å². The second-order valence-corrected chi connectivity index (χ2v) is 3.47. The van der Waals surface area contributed by atoms with Crippen LogP contribution in [0, 0.1) is 6.92 Å². The molecule has 1 amide bonds. The third-order valence-corrected chi connectivity index (χ3v) is 2.07. The zero-order chi connectivity index (χ0) is 10.6. The van der Waals surface area contributed by atoms with Gasteiger partial charge in [0.25, 0.3) is 5.91 Å². The minimum Gasteiger partial charge on any atom is -0.347 e. The number of nitrogens with zero attached hydrogens (tertiary/aromatic N) is 2. The van der Waals surface area contributed by atoms with Crippen LogP contribution in [0.1, 0.15) is 16.3 Å². The summed E-state index contributed by atoms with van der Waals surface area (Å²) in [7, 11) is 0. The lowest BCUT2D eigenvalue weighted by atomic mass is 10.3. The molecule has 0 saturated carbocycles. The minimum absolute atomic E-state index is 0.234. The van der Waals surface area contributed by atoms with E-state index in [4.69, 9.17) is 0 Å². The smallest absolute Gasteiger partial charge is 0.271 e. The lowest BCUT2D eigenvalue weighted by Gasteiger charge is -2.03. The summed E-state index contributed by atoms with van der Waals surface area (Å²) in [6.07, 6.45) is 3.17. The molecule has 0 aliphatic heterocycles. The fourth-order valence-electron chi connectivity index (χ4n) is 0.863. The molecule has 0 aliphatic carbocycles. The molecular weight excluding hydrogens is 246 g/mol. The molecule has 5 heteroatoms. The molecule has 0 fully saturated rings. The van der Waals surface area contributed by atoms with Gasteiger partial charge < -0.3 is 5.32 Å². The van der Waals surface area contributed by atoms with Crippen LogP contribution in [0.3, 0.4) is 0 Å². The van der Waals surface area contributed by atoms with E-state index in [1.54, 1.807) is 19.2 Å². The number of rotatable bonds is 3. The Morgan fingerprint density at radius 1 is 1.79 bits per heavy atom. The third-order valence-electron chi connectivity index (χ3n) is 1.49. The number of carbonyl (C=O) groups excluding carboxylic acids is 1. The van der Waals surface area contributed by atoms with Crippen LogP contribution < -0.4 is 5.32 Å². The molecule has 14 heavy (non-hydrogen) atoms. The predicted octanol–water partition coefficient (Wildman–Crippen LogP) is 1.46. The Bertz CT molecular complexity index is 365. The number of aromatic nitrogens is 2. The van der Waals surface area contributed by atoms with Crippen molar-refractivity contribution in [2.24, 2.45) is 0 Å². The van der Waals surface area contributed by atoms with Crippen molar-refractivity contribution >= 4 is 21.8 Å². The van der Waals surface area contributed by atoms with Gasteiger partial charge in [-0.05, 0) is 22.9 Å². The van der Waals surface area contributed by atoms with Crippen molar-refractivity contribution in [3.05, 3.63) is 34.8 Å². The summed E-state index contributed by atoms with van der Waals surface area (Å²) in [4.78, 5) is 19.5. The van der Waals surface area contributed by atoms with E-state index in [0.29, 0.717) is 22.5 Å². The molecule has 0 bridgehead atoms. The van der Waals surface area contributed by atoms with Gasteiger partial charge in [0.1, 0.15) is 11.5 Å². The molecular formula is C9H10BrN3O. The zero-order valence-electron chi connectivity index (χ0n) is 7.75. The molecule has 0 aromatic carbocycles. The topological polar surface area (TPSA) is 54.9 Å². The molecule has 1 rings (SSSR count). The zero-order valence-corrected chi connectivity index (χ0v) is 9.34. The first-order valence-corrected chi connectivity index (χ1v) is 4.82. The Kier molecular flexibility index (Phi) is 3.76. The summed E-state index contributed by atoms with van der Waals surface area (Å²) >= 11 is 3.21. The van der Waals surface area contributed by atoms with E-state index in [2.05, 4.69) is 37.8 Å². The Hall–Kier alpha value is -1.23. The van der Waals surface area contributed by atoms with Gasteiger partial charge in [-0.25, -0.2) is 9.97 Å². The maximum atomic E-state index is 11.5. The van der Waals surface area contributed by atoms with Gasteiger partial charge >= 0.3 is 0 Å². The summed E-state index contributed by atoms with van der Waals surface area (Å²) in [5, 5.41) is 2.64. The quantitative estimate of drug-likeness (QED) is 0.833. The van der Waals surface area contributed by atoms with Crippen molar-refractivity contribution in [3.63, 3.8) is 0 Å². The van der Waals surface area contributed by atoms with Crippen molar-refractivity contribution in [2.45, 2.75) is 6.92 Å². The summed E-state index contributed by atoms with van der Waals surface area (Å²) in [6, 6.07) is 0. The molecule has 0 atom stereocenters. The Morgan fingerprint density at radius 2 is 2.50 bits per heavy atom. The van der Waals surface area contributed by atoms with Gasteiger partial charge in [-0.15, -0.1) is 6.58 Å². The number of hydrogen-bond acceptors (Lipinski definition) is 3. The Labute approximate surface area is 90.6 Å². The van der Waals surface area contributed by atoms with Crippen molar-refractivity contribution in [1.29, 1.82) is 0 Å². The van der Waals surface area contributed by atoms with E-state index >= 15 is 0 Å². The van der Waals surface area contributed by atoms with Gasteiger partial charge in [0.15, 0.2) is 0 Å². The molecule has 74 valence electrons. The lowest BCUT2D eigenvalue weighted by molar-refractivity contribution is 0.0952. The molecule has 0 saturated heterocycles. The number of carbonyl (C=O) groups is 1. The summed E-state index contributed by atoms with van der Waals surface area (Å²) in [5.41, 5.74) is 0.347. The van der Waals surface area contributed by atoms with Gasteiger partial charge in [-0.2, -0.15) is 0 Å². The molecule has 0 aliphatic rings. The molecule has 1 heterocycles. The van der Waals surface area contributed by atoms with Gasteiger partial charge in [-0.3, -0.25) is 4.79 Å². The standard InChI is InChI=1S/C9H10BrN3O/c1-3-4-11-9(14)8-7(10)5-12-6(2)13-8/h3,5H,1,4H2,2H3,(H,11,14). The average Bonchev–Trinajstić information content (AvgIpc) is 2.18.